The summed E-state index contributed by atoms with van der Waals surface area (Å²) in [7, 11) is 5.41. The highest BCUT2D eigenvalue weighted by Crippen LogP contribution is 2.34. The Labute approximate surface area is 219 Å². The van der Waals surface area contributed by atoms with E-state index in [2.05, 4.69) is 25.9 Å². The summed E-state index contributed by atoms with van der Waals surface area (Å²) in [5.74, 6) is 1.30. The van der Waals surface area contributed by atoms with E-state index in [0.717, 1.165) is 6.54 Å². The molecule has 3 aromatic carbocycles. The van der Waals surface area contributed by atoms with Crippen molar-refractivity contribution in [3.63, 3.8) is 0 Å². The van der Waals surface area contributed by atoms with Gasteiger partial charge < -0.3 is 30.1 Å². The van der Waals surface area contributed by atoms with Crippen LogP contribution in [-0.2, 0) is 0 Å². The number of nitrogens with zero attached hydrogens (tertiary/aromatic N) is 3. The van der Waals surface area contributed by atoms with Gasteiger partial charge >= 0.3 is 6.09 Å². The number of benzene rings is 3. The number of carboxylic acid groups (broad SMARTS) is 1. The topological polar surface area (TPSA) is 138 Å². The number of methoxy groups -OCH3 is 1. The lowest BCUT2D eigenvalue weighted by molar-refractivity contribution is 0.0951. The Hall–Kier alpha value is -4.90. The molecule has 1 aromatic heterocycles. The number of fused-ring (bicyclic) bond motifs is 1. The lowest BCUT2D eigenvalue weighted by Crippen LogP contribution is -2.31. The lowest BCUT2D eigenvalue weighted by atomic mass is 10.1. The molecule has 0 atom stereocenters. The molecule has 196 valence electrons. The minimum atomic E-state index is -1.15. The molecular weight excluding hydrogens is 488 g/mol. The zero-order valence-electron chi connectivity index (χ0n) is 21.2. The zero-order chi connectivity index (χ0) is 27.1. The molecule has 0 saturated heterocycles. The Morgan fingerprint density at radius 3 is 2.47 bits per heavy atom. The maximum absolute atomic E-state index is 12.6. The zero-order valence-corrected chi connectivity index (χ0v) is 21.2. The third kappa shape index (κ3) is 6.45. The summed E-state index contributed by atoms with van der Waals surface area (Å²) in [5.41, 5.74) is 1.42. The third-order valence-electron chi connectivity index (χ3n) is 5.52. The Bertz CT molecular complexity index is 1460. The summed E-state index contributed by atoms with van der Waals surface area (Å²) in [6.07, 6.45) is 0.387. The van der Waals surface area contributed by atoms with Crippen molar-refractivity contribution in [3.05, 3.63) is 72.4 Å². The van der Waals surface area contributed by atoms with Gasteiger partial charge in [0.05, 0.1) is 18.5 Å². The highest BCUT2D eigenvalue weighted by molar-refractivity contribution is 6.02. The van der Waals surface area contributed by atoms with Crippen molar-refractivity contribution in [2.24, 2.45) is 0 Å². The normalized spacial score (nSPS) is 10.7. The first-order valence-electron chi connectivity index (χ1n) is 11.7. The number of aromatic nitrogens is 2. The standard InChI is InChI=1S/C27H28N6O5/c1-33(2)15-14-28-25(34)17-8-10-23(37-3)21(16-17)30-26-29-13-12-24(32-26)38-22-11-9-20(31-27(35)36)18-6-4-5-7-19(18)22/h4-13,16,31H,14-15H2,1-3H3,(H,28,34)(H,35,36)(H,29,30,32). The molecule has 11 nitrogen and oxygen atoms in total. The van der Waals surface area contributed by atoms with Gasteiger partial charge in [0.1, 0.15) is 11.5 Å². The van der Waals surface area contributed by atoms with E-state index < -0.39 is 6.09 Å². The van der Waals surface area contributed by atoms with Crippen LogP contribution in [0, 0.1) is 0 Å². The van der Waals surface area contributed by atoms with E-state index in [4.69, 9.17) is 14.6 Å². The molecule has 4 rings (SSSR count). The Morgan fingerprint density at radius 1 is 0.974 bits per heavy atom. The van der Waals surface area contributed by atoms with Gasteiger partial charge in [-0.25, -0.2) is 9.78 Å². The van der Waals surface area contributed by atoms with Crippen LogP contribution in [0.15, 0.2) is 66.9 Å². The molecule has 0 aliphatic rings. The highest BCUT2D eigenvalue weighted by atomic mass is 16.5. The van der Waals surface area contributed by atoms with Crippen molar-refractivity contribution in [2.45, 2.75) is 0 Å². The number of amides is 2. The smallest absolute Gasteiger partial charge is 0.409 e. The number of hydrogen-bond donors (Lipinski definition) is 4. The van der Waals surface area contributed by atoms with Gasteiger partial charge in [-0.3, -0.25) is 10.1 Å². The number of likely N-dealkylation sites (N-methyl/N-ethyl adjacent to an activating group) is 1. The molecule has 0 radical (unpaired) electrons. The first kappa shape index (κ1) is 26.2. The summed E-state index contributed by atoms with van der Waals surface area (Å²) in [6.45, 7) is 1.24. The van der Waals surface area contributed by atoms with Crippen molar-refractivity contribution in [3.8, 4) is 17.4 Å². The third-order valence-corrected chi connectivity index (χ3v) is 5.52. The molecule has 2 amide bonds. The number of rotatable bonds is 10. The Balaban J connectivity index is 1.56. The Morgan fingerprint density at radius 2 is 1.74 bits per heavy atom. The van der Waals surface area contributed by atoms with Crippen LogP contribution in [0.5, 0.6) is 17.4 Å². The number of carbonyl (C=O) groups is 2. The number of carbonyl (C=O) groups excluding carboxylic acids is 1. The molecule has 4 aromatic rings. The fourth-order valence-corrected chi connectivity index (χ4v) is 3.72. The molecule has 0 aliphatic carbocycles. The second kappa shape index (κ2) is 11.9. The van der Waals surface area contributed by atoms with Gasteiger partial charge in [-0.05, 0) is 44.4 Å². The number of ether oxygens (including phenoxy) is 2. The van der Waals surface area contributed by atoms with Crippen LogP contribution < -0.4 is 25.4 Å². The van der Waals surface area contributed by atoms with Gasteiger partial charge in [-0.1, -0.05) is 24.3 Å². The molecule has 38 heavy (non-hydrogen) atoms. The fourth-order valence-electron chi connectivity index (χ4n) is 3.72. The average Bonchev–Trinajstić information content (AvgIpc) is 2.90. The molecule has 11 heteroatoms. The van der Waals surface area contributed by atoms with E-state index in [-0.39, 0.29) is 17.7 Å². The maximum atomic E-state index is 12.6. The van der Waals surface area contributed by atoms with E-state index in [0.29, 0.717) is 45.8 Å². The molecule has 0 bridgehead atoms. The molecular formula is C27H28N6O5. The molecule has 0 saturated carbocycles. The molecule has 4 N–H and O–H groups in total. The molecule has 1 heterocycles. The predicted molar refractivity (Wildman–Crippen MR) is 145 cm³/mol. The number of anilines is 3. The van der Waals surface area contributed by atoms with Crippen LogP contribution in [0.2, 0.25) is 0 Å². The van der Waals surface area contributed by atoms with Gasteiger partial charge in [0.2, 0.25) is 11.8 Å². The van der Waals surface area contributed by atoms with Crippen LogP contribution in [-0.4, -0.2) is 66.3 Å². The van der Waals surface area contributed by atoms with Crippen molar-refractivity contribution in [1.29, 1.82) is 0 Å². The Kier molecular flexibility index (Phi) is 8.19. The lowest BCUT2D eigenvalue weighted by Gasteiger charge is -2.14. The largest absolute Gasteiger partial charge is 0.495 e. The van der Waals surface area contributed by atoms with E-state index in [1.54, 1.807) is 42.5 Å². The molecule has 0 spiro atoms. The van der Waals surface area contributed by atoms with Gasteiger partial charge in [-0.2, -0.15) is 4.98 Å². The van der Waals surface area contributed by atoms with Gasteiger partial charge in [0.15, 0.2) is 0 Å². The van der Waals surface area contributed by atoms with Crippen LogP contribution in [0.4, 0.5) is 22.1 Å². The van der Waals surface area contributed by atoms with Crippen LogP contribution >= 0.6 is 0 Å². The summed E-state index contributed by atoms with van der Waals surface area (Å²) in [6, 6.07) is 17.2. The molecule has 0 fully saturated rings. The summed E-state index contributed by atoms with van der Waals surface area (Å²) in [4.78, 5) is 34.4. The van der Waals surface area contributed by atoms with Gasteiger partial charge in [-0.15, -0.1) is 0 Å². The van der Waals surface area contributed by atoms with Gasteiger partial charge in [0.25, 0.3) is 5.91 Å². The van der Waals surface area contributed by atoms with E-state index >= 15 is 0 Å². The fraction of sp³-hybridized carbons (Fsp3) is 0.185. The number of nitrogens with one attached hydrogen (secondary N) is 3. The quantitative estimate of drug-likeness (QED) is 0.239. The van der Waals surface area contributed by atoms with E-state index in [9.17, 15) is 9.59 Å². The predicted octanol–water partition coefficient (Wildman–Crippen LogP) is 4.56. The second-order valence-electron chi connectivity index (χ2n) is 8.51. The van der Waals surface area contributed by atoms with Crippen molar-refractivity contribution < 1.29 is 24.2 Å². The van der Waals surface area contributed by atoms with Crippen LogP contribution in [0.25, 0.3) is 10.8 Å². The SMILES string of the molecule is COc1ccc(C(=O)NCCN(C)C)cc1Nc1nccc(Oc2ccc(NC(=O)O)c3ccccc23)n1. The molecule has 0 unspecified atom stereocenters. The first-order valence-corrected chi connectivity index (χ1v) is 11.7. The van der Waals surface area contributed by atoms with Gasteiger partial charge in [0, 0.05) is 41.7 Å². The number of hydrogen-bond acceptors (Lipinski definition) is 8. The summed E-state index contributed by atoms with van der Waals surface area (Å²) in [5, 5.41) is 18.9. The van der Waals surface area contributed by atoms with Crippen LogP contribution in [0.3, 0.4) is 0 Å². The summed E-state index contributed by atoms with van der Waals surface area (Å²) < 4.78 is 11.5. The monoisotopic (exact) mass is 516 g/mol. The maximum Gasteiger partial charge on any atom is 0.409 e. The highest BCUT2D eigenvalue weighted by Gasteiger charge is 2.13. The van der Waals surface area contributed by atoms with Crippen molar-refractivity contribution in [1.82, 2.24) is 20.2 Å². The first-order chi connectivity index (χ1) is 18.3. The van der Waals surface area contributed by atoms with E-state index in [1.807, 2.05) is 37.2 Å². The van der Waals surface area contributed by atoms with E-state index in [1.165, 1.54) is 13.3 Å². The second-order valence-corrected chi connectivity index (χ2v) is 8.51. The summed E-state index contributed by atoms with van der Waals surface area (Å²) >= 11 is 0. The van der Waals surface area contributed by atoms with Crippen molar-refractivity contribution >= 4 is 40.1 Å². The molecule has 0 aliphatic heterocycles. The minimum absolute atomic E-state index is 0.205. The van der Waals surface area contributed by atoms with Crippen LogP contribution in [0.1, 0.15) is 10.4 Å². The van der Waals surface area contributed by atoms with Crippen molar-refractivity contribution in [2.75, 3.05) is 44.9 Å². The minimum Gasteiger partial charge on any atom is -0.495 e. The average molecular weight is 517 g/mol.